The lowest BCUT2D eigenvalue weighted by atomic mass is 10.0. The van der Waals surface area contributed by atoms with Crippen molar-refractivity contribution >= 4 is 17.7 Å². The van der Waals surface area contributed by atoms with Crippen LogP contribution in [0.1, 0.15) is 56.2 Å². The van der Waals surface area contributed by atoms with Crippen LogP contribution in [0.4, 0.5) is 0 Å². The molecule has 150 valence electrons. The molecule has 4 heterocycles. The second kappa shape index (κ2) is 7.48. The highest BCUT2D eigenvalue weighted by Gasteiger charge is 2.40. The fourth-order valence-corrected chi connectivity index (χ4v) is 4.54. The number of amides is 3. The lowest BCUT2D eigenvalue weighted by molar-refractivity contribution is -0.137. The van der Waals surface area contributed by atoms with Crippen molar-refractivity contribution < 1.29 is 14.4 Å². The van der Waals surface area contributed by atoms with E-state index < -0.39 is 0 Å². The number of nitrogens with zero attached hydrogens (tertiary/aromatic N) is 5. The molecule has 0 saturated carbocycles. The Kier molecular flexibility index (Phi) is 5.03. The highest BCUT2D eigenvalue weighted by Crippen LogP contribution is 2.33. The third-order valence-electron chi connectivity index (χ3n) is 6.18. The van der Waals surface area contributed by atoms with Crippen LogP contribution in [0.15, 0.2) is 6.20 Å². The summed E-state index contributed by atoms with van der Waals surface area (Å²) in [4.78, 5) is 51.5. The molecule has 4 rings (SSSR count). The number of carbonyl (C=O) groups excluding carboxylic acids is 3. The van der Waals surface area contributed by atoms with Gasteiger partial charge in [0.05, 0.1) is 17.7 Å². The highest BCUT2D eigenvalue weighted by atomic mass is 16.2. The normalized spacial score (nSPS) is 24.6. The van der Waals surface area contributed by atoms with Gasteiger partial charge in [-0.2, -0.15) is 0 Å². The van der Waals surface area contributed by atoms with Crippen molar-refractivity contribution in [2.24, 2.45) is 5.92 Å². The predicted octanol–water partition coefficient (Wildman–Crippen LogP) is 0.913. The summed E-state index contributed by atoms with van der Waals surface area (Å²) in [7, 11) is 0. The van der Waals surface area contributed by atoms with Crippen LogP contribution in [0.25, 0.3) is 0 Å². The molecule has 1 aromatic heterocycles. The summed E-state index contributed by atoms with van der Waals surface area (Å²) in [6.07, 6.45) is 4.61. The molecular weight excluding hydrogens is 358 g/mol. The molecule has 2 atom stereocenters. The van der Waals surface area contributed by atoms with Gasteiger partial charge >= 0.3 is 0 Å². The van der Waals surface area contributed by atoms with Gasteiger partial charge in [0, 0.05) is 64.2 Å². The quantitative estimate of drug-likeness (QED) is 0.772. The Morgan fingerprint density at radius 1 is 1.29 bits per heavy atom. The Morgan fingerprint density at radius 2 is 2.11 bits per heavy atom. The van der Waals surface area contributed by atoms with Gasteiger partial charge in [0.15, 0.2) is 5.82 Å². The van der Waals surface area contributed by atoms with Gasteiger partial charge in [-0.3, -0.25) is 14.4 Å². The molecule has 3 amide bonds. The molecule has 28 heavy (non-hydrogen) atoms. The topological polar surface area (TPSA) is 86.7 Å². The molecule has 2 saturated heterocycles. The van der Waals surface area contributed by atoms with E-state index in [1.807, 2.05) is 18.0 Å². The molecule has 0 bridgehead atoms. The molecule has 3 aliphatic heterocycles. The summed E-state index contributed by atoms with van der Waals surface area (Å²) < 4.78 is 0. The van der Waals surface area contributed by atoms with Crippen LogP contribution in [0.2, 0.25) is 0 Å². The third kappa shape index (κ3) is 3.36. The monoisotopic (exact) mass is 385 g/mol. The van der Waals surface area contributed by atoms with Crippen molar-refractivity contribution in [2.45, 2.75) is 52.1 Å². The maximum atomic E-state index is 13.1. The van der Waals surface area contributed by atoms with Crippen LogP contribution in [-0.4, -0.2) is 68.6 Å². The first-order valence-electron chi connectivity index (χ1n) is 10.2. The van der Waals surface area contributed by atoms with Gasteiger partial charge in [-0.1, -0.05) is 0 Å². The smallest absolute Gasteiger partial charge is 0.228 e. The summed E-state index contributed by atoms with van der Waals surface area (Å²) in [5, 5.41) is 0. The Balaban J connectivity index is 1.50. The van der Waals surface area contributed by atoms with E-state index in [9.17, 15) is 14.4 Å². The molecule has 2 fully saturated rings. The summed E-state index contributed by atoms with van der Waals surface area (Å²) in [6.45, 7) is 6.60. The van der Waals surface area contributed by atoms with E-state index in [-0.39, 0.29) is 29.7 Å². The number of likely N-dealkylation sites (tertiary alicyclic amines) is 2. The van der Waals surface area contributed by atoms with E-state index >= 15 is 0 Å². The molecule has 1 aromatic rings. The van der Waals surface area contributed by atoms with Crippen LogP contribution >= 0.6 is 0 Å². The maximum Gasteiger partial charge on any atom is 0.228 e. The van der Waals surface area contributed by atoms with Crippen molar-refractivity contribution in [1.82, 2.24) is 24.7 Å². The van der Waals surface area contributed by atoms with Gasteiger partial charge < -0.3 is 14.7 Å². The number of fused-ring (bicyclic) bond motifs is 1. The summed E-state index contributed by atoms with van der Waals surface area (Å²) in [5.41, 5.74) is 1.97. The van der Waals surface area contributed by atoms with Gasteiger partial charge in [0.25, 0.3) is 0 Å². The standard InChI is InChI=1S/C20H27N5O3/c1-3-23-11-14(9-18(23)27)20(28)25-7-4-5-17(25)19-21-10-15-12-24(13(2)26)8-6-16(15)22-19/h10,14,17H,3-9,11-12H2,1-2H3/t14-,17+/m0/s1. The fourth-order valence-electron chi connectivity index (χ4n) is 4.54. The Morgan fingerprint density at radius 3 is 2.82 bits per heavy atom. The largest absolute Gasteiger partial charge is 0.342 e. The number of hydrogen-bond acceptors (Lipinski definition) is 5. The first-order chi connectivity index (χ1) is 13.5. The average Bonchev–Trinajstić information content (AvgIpc) is 3.33. The minimum absolute atomic E-state index is 0.0517. The summed E-state index contributed by atoms with van der Waals surface area (Å²) >= 11 is 0. The zero-order valence-electron chi connectivity index (χ0n) is 16.6. The molecule has 0 radical (unpaired) electrons. The van der Waals surface area contributed by atoms with Gasteiger partial charge in [-0.25, -0.2) is 9.97 Å². The van der Waals surface area contributed by atoms with E-state index in [0.29, 0.717) is 51.4 Å². The summed E-state index contributed by atoms with van der Waals surface area (Å²) in [5.74, 6) is 0.620. The predicted molar refractivity (Wildman–Crippen MR) is 101 cm³/mol. The van der Waals surface area contributed by atoms with Gasteiger partial charge in [0.1, 0.15) is 0 Å². The average molecular weight is 385 g/mol. The van der Waals surface area contributed by atoms with Crippen molar-refractivity contribution in [1.29, 1.82) is 0 Å². The van der Waals surface area contributed by atoms with Crippen molar-refractivity contribution in [3.05, 3.63) is 23.3 Å². The molecule has 8 nitrogen and oxygen atoms in total. The lowest BCUT2D eigenvalue weighted by Gasteiger charge is -2.29. The number of aromatic nitrogens is 2. The van der Waals surface area contributed by atoms with Crippen LogP contribution < -0.4 is 0 Å². The molecule has 0 aliphatic carbocycles. The van der Waals surface area contributed by atoms with Crippen molar-refractivity contribution in [3.63, 3.8) is 0 Å². The van der Waals surface area contributed by atoms with E-state index in [0.717, 1.165) is 24.1 Å². The zero-order chi connectivity index (χ0) is 19.8. The Labute approximate surface area is 164 Å². The second-order valence-electron chi connectivity index (χ2n) is 7.91. The molecule has 3 aliphatic rings. The number of rotatable bonds is 3. The van der Waals surface area contributed by atoms with E-state index in [1.54, 1.807) is 16.7 Å². The molecule has 0 unspecified atom stereocenters. The highest BCUT2D eigenvalue weighted by molar-refractivity contribution is 5.89. The molecule has 0 aromatic carbocycles. The molecule has 0 N–H and O–H groups in total. The first kappa shape index (κ1) is 18.8. The molecule has 8 heteroatoms. The van der Waals surface area contributed by atoms with Gasteiger partial charge in [-0.05, 0) is 19.8 Å². The number of carbonyl (C=O) groups is 3. The lowest BCUT2D eigenvalue weighted by Crippen LogP contribution is -2.38. The maximum absolute atomic E-state index is 13.1. The van der Waals surface area contributed by atoms with Crippen LogP contribution in [0.3, 0.4) is 0 Å². The van der Waals surface area contributed by atoms with Gasteiger partial charge in [-0.15, -0.1) is 0 Å². The minimum Gasteiger partial charge on any atom is -0.342 e. The Hall–Kier alpha value is -2.51. The second-order valence-corrected chi connectivity index (χ2v) is 7.91. The van der Waals surface area contributed by atoms with Crippen LogP contribution in [0, 0.1) is 5.92 Å². The third-order valence-corrected chi connectivity index (χ3v) is 6.18. The van der Waals surface area contributed by atoms with E-state index in [1.165, 1.54) is 0 Å². The first-order valence-corrected chi connectivity index (χ1v) is 10.2. The molecular formula is C20H27N5O3. The van der Waals surface area contributed by atoms with Crippen LogP contribution in [0.5, 0.6) is 0 Å². The van der Waals surface area contributed by atoms with Crippen LogP contribution in [-0.2, 0) is 27.3 Å². The van der Waals surface area contributed by atoms with Crippen molar-refractivity contribution in [3.8, 4) is 0 Å². The van der Waals surface area contributed by atoms with E-state index in [2.05, 4.69) is 4.98 Å². The van der Waals surface area contributed by atoms with Gasteiger partial charge in [0.2, 0.25) is 17.7 Å². The van der Waals surface area contributed by atoms with E-state index in [4.69, 9.17) is 4.98 Å². The minimum atomic E-state index is -0.255. The summed E-state index contributed by atoms with van der Waals surface area (Å²) in [6, 6.07) is -0.116. The zero-order valence-corrected chi connectivity index (χ0v) is 16.6. The SMILES string of the molecule is CCN1C[C@@H](C(=O)N2CCC[C@@H]2c2ncc3c(n2)CCN(C(C)=O)C3)CC1=O. The fraction of sp³-hybridized carbons (Fsp3) is 0.650. The number of hydrogen-bond donors (Lipinski definition) is 0. The Bertz CT molecular complexity index is 811. The molecule has 0 spiro atoms. The van der Waals surface area contributed by atoms with Crippen molar-refractivity contribution in [2.75, 3.05) is 26.2 Å².